The molecule has 0 aliphatic carbocycles. The van der Waals surface area contributed by atoms with Crippen LogP contribution in [0.5, 0.6) is 0 Å². The molecule has 0 saturated carbocycles. The molecule has 1 unspecified atom stereocenters. The number of nitrogens with one attached hydrogen (secondary N) is 2. The molecule has 3 N–H and O–H groups in total. The molecular weight excluding hydrogens is 220 g/mol. The molecule has 0 heterocycles. The van der Waals surface area contributed by atoms with Crippen LogP contribution in [0, 0.1) is 5.92 Å². The van der Waals surface area contributed by atoms with Crippen molar-refractivity contribution in [1.29, 1.82) is 0 Å². The number of urea groups is 1. The first-order chi connectivity index (χ1) is 7.97. The third kappa shape index (κ3) is 8.30. The lowest BCUT2D eigenvalue weighted by Crippen LogP contribution is -2.46. The maximum Gasteiger partial charge on any atom is 0.326 e. The first kappa shape index (κ1) is 15.5. The van der Waals surface area contributed by atoms with Crippen molar-refractivity contribution in [2.75, 3.05) is 6.54 Å². The zero-order chi connectivity index (χ0) is 13.3. The van der Waals surface area contributed by atoms with Crippen LogP contribution in [0.15, 0.2) is 12.7 Å². The molecule has 0 rings (SSSR count). The quantitative estimate of drug-likeness (QED) is 0.448. The van der Waals surface area contributed by atoms with Crippen molar-refractivity contribution in [2.45, 2.75) is 39.2 Å². The van der Waals surface area contributed by atoms with E-state index in [9.17, 15) is 9.59 Å². The van der Waals surface area contributed by atoms with Gasteiger partial charge in [-0.25, -0.2) is 9.59 Å². The van der Waals surface area contributed by atoms with Crippen molar-refractivity contribution in [3.63, 3.8) is 0 Å². The van der Waals surface area contributed by atoms with E-state index in [-0.39, 0.29) is 6.42 Å². The number of hydrogen-bond donors (Lipinski definition) is 3. The number of aliphatic carboxylic acids is 1. The Morgan fingerprint density at radius 3 is 2.53 bits per heavy atom. The van der Waals surface area contributed by atoms with Gasteiger partial charge in [0.1, 0.15) is 6.04 Å². The van der Waals surface area contributed by atoms with Gasteiger partial charge < -0.3 is 15.7 Å². The van der Waals surface area contributed by atoms with Crippen molar-refractivity contribution in [3.8, 4) is 0 Å². The highest BCUT2D eigenvalue weighted by atomic mass is 16.4. The Kier molecular flexibility index (Phi) is 7.84. The van der Waals surface area contributed by atoms with Crippen molar-refractivity contribution in [2.24, 2.45) is 5.92 Å². The van der Waals surface area contributed by atoms with Crippen molar-refractivity contribution in [1.82, 2.24) is 10.6 Å². The lowest BCUT2D eigenvalue weighted by molar-refractivity contribution is -0.139. The number of rotatable bonds is 8. The number of hydrogen-bond acceptors (Lipinski definition) is 2. The Morgan fingerprint density at radius 2 is 2.06 bits per heavy atom. The van der Waals surface area contributed by atoms with Crippen LogP contribution in [0.2, 0.25) is 0 Å². The van der Waals surface area contributed by atoms with Crippen molar-refractivity contribution >= 4 is 12.0 Å². The summed E-state index contributed by atoms with van der Waals surface area (Å²) in [4.78, 5) is 22.1. The SMILES string of the molecule is C=CCC(NC(=O)NCCCC(C)C)C(=O)O. The molecule has 0 aliphatic rings. The summed E-state index contributed by atoms with van der Waals surface area (Å²) in [5.74, 6) is -0.449. The maximum atomic E-state index is 11.4. The number of carbonyl (C=O) groups excluding carboxylic acids is 1. The molecule has 5 nitrogen and oxygen atoms in total. The van der Waals surface area contributed by atoms with E-state index in [1.165, 1.54) is 6.08 Å². The zero-order valence-electron chi connectivity index (χ0n) is 10.5. The predicted octanol–water partition coefficient (Wildman–Crippen LogP) is 1.75. The normalized spacial score (nSPS) is 11.9. The van der Waals surface area contributed by atoms with Crippen molar-refractivity contribution in [3.05, 3.63) is 12.7 Å². The van der Waals surface area contributed by atoms with Crippen LogP contribution in [0.3, 0.4) is 0 Å². The summed E-state index contributed by atoms with van der Waals surface area (Å²) in [5, 5.41) is 13.8. The van der Waals surface area contributed by atoms with Gasteiger partial charge in [0, 0.05) is 6.54 Å². The van der Waals surface area contributed by atoms with E-state index in [4.69, 9.17) is 5.11 Å². The third-order valence-corrected chi connectivity index (χ3v) is 2.25. The number of amides is 2. The summed E-state index contributed by atoms with van der Waals surface area (Å²) in [6.45, 7) is 8.24. The summed E-state index contributed by atoms with van der Waals surface area (Å²) >= 11 is 0. The molecule has 5 heteroatoms. The molecule has 0 aromatic carbocycles. The van der Waals surface area contributed by atoms with E-state index in [0.717, 1.165) is 12.8 Å². The fourth-order valence-corrected chi connectivity index (χ4v) is 1.31. The Labute approximate surface area is 102 Å². The summed E-state index contributed by atoms with van der Waals surface area (Å²) in [6.07, 6.45) is 3.62. The van der Waals surface area contributed by atoms with E-state index >= 15 is 0 Å². The fourth-order valence-electron chi connectivity index (χ4n) is 1.31. The second kappa shape index (κ2) is 8.61. The summed E-state index contributed by atoms with van der Waals surface area (Å²) in [7, 11) is 0. The highest BCUT2D eigenvalue weighted by molar-refractivity contribution is 5.82. The highest BCUT2D eigenvalue weighted by Crippen LogP contribution is 2.01. The molecule has 17 heavy (non-hydrogen) atoms. The molecule has 2 amide bonds. The minimum Gasteiger partial charge on any atom is -0.480 e. The molecule has 1 atom stereocenters. The van der Waals surface area contributed by atoms with Gasteiger partial charge in [0.15, 0.2) is 0 Å². The third-order valence-electron chi connectivity index (χ3n) is 2.25. The second-order valence-electron chi connectivity index (χ2n) is 4.35. The molecule has 0 aliphatic heterocycles. The molecule has 0 bridgehead atoms. The van der Waals surface area contributed by atoms with Crippen LogP contribution in [-0.4, -0.2) is 29.7 Å². The largest absolute Gasteiger partial charge is 0.480 e. The van der Waals surface area contributed by atoms with Gasteiger partial charge in [-0.2, -0.15) is 0 Å². The summed E-state index contributed by atoms with van der Waals surface area (Å²) in [5.41, 5.74) is 0. The van der Waals surface area contributed by atoms with Gasteiger partial charge in [0.25, 0.3) is 0 Å². The maximum absolute atomic E-state index is 11.4. The minimum absolute atomic E-state index is 0.217. The Bertz CT molecular complexity index is 264. The van der Waals surface area contributed by atoms with Crippen LogP contribution < -0.4 is 10.6 Å². The van der Waals surface area contributed by atoms with Gasteiger partial charge in [-0.05, 0) is 25.2 Å². The van der Waals surface area contributed by atoms with Crippen LogP contribution in [-0.2, 0) is 4.79 Å². The van der Waals surface area contributed by atoms with Gasteiger partial charge in [0.2, 0.25) is 0 Å². The number of carbonyl (C=O) groups is 2. The summed E-state index contributed by atoms with van der Waals surface area (Å²) < 4.78 is 0. The van der Waals surface area contributed by atoms with E-state index in [1.54, 1.807) is 0 Å². The molecule has 0 spiro atoms. The molecule has 0 fully saturated rings. The summed E-state index contributed by atoms with van der Waals surface area (Å²) in [6, 6.07) is -1.35. The molecule has 0 saturated heterocycles. The predicted molar refractivity (Wildman–Crippen MR) is 66.8 cm³/mol. The van der Waals surface area contributed by atoms with Crippen LogP contribution >= 0.6 is 0 Å². The van der Waals surface area contributed by atoms with Gasteiger partial charge in [-0.3, -0.25) is 0 Å². The van der Waals surface area contributed by atoms with E-state index < -0.39 is 18.0 Å². The smallest absolute Gasteiger partial charge is 0.326 e. The molecule has 98 valence electrons. The monoisotopic (exact) mass is 242 g/mol. The highest BCUT2D eigenvalue weighted by Gasteiger charge is 2.17. The number of carboxylic acid groups (broad SMARTS) is 1. The van der Waals surface area contributed by atoms with Crippen LogP contribution in [0.1, 0.15) is 33.1 Å². The van der Waals surface area contributed by atoms with E-state index in [1.807, 2.05) is 0 Å². The average Bonchev–Trinajstić information content (AvgIpc) is 2.23. The molecule has 0 aromatic rings. The van der Waals surface area contributed by atoms with Crippen molar-refractivity contribution < 1.29 is 14.7 Å². The first-order valence-electron chi connectivity index (χ1n) is 5.85. The molecule has 0 aromatic heterocycles. The van der Waals surface area contributed by atoms with Gasteiger partial charge in [0.05, 0.1) is 0 Å². The fraction of sp³-hybridized carbons (Fsp3) is 0.667. The standard InChI is InChI=1S/C12H22N2O3/c1-4-6-10(11(15)16)14-12(17)13-8-5-7-9(2)3/h4,9-10H,1,5-8H2,2-3H3,(H,15,16)(H2,13,14,17). The second-order valence-corrected chi connectivity index (χ2v) is 4.35. The minimum atomic E-state index is -1.05. The molecule has 0 radical (unpaired) electrons. The Morgan fingerprint density at radius 1 is 1.41 bits per heavy atom. The lowest BCUT2D eigenvalue weighted by atomic mass is 10.1. The topological polar surface area (TPSA) is 78.4 Å². The van der Waals surface area contributed by atoms with Crippen LogP contribution in [0.4, 0.5) is 4.79 Å². The van der Waals surface area contributed by atoms with Crippen LogP contribution in [0.25, 0.3) is 0 Å². The molecular formula is C12H22N2O3. The Hall–Kier alpha value is -1.52. The first-order valence-corrected chi connectivity index (χ1v) is 5.85. The zero-order valence-corrected chi connectivity index (χ0v) is 10.5. The van der Waals surface area contributed by atoms with E-state index in [0.29, 0.717) is 12.5 Å². The van der Waals surface area contributed by atoms with E-state index in [2.05, 4.69) is 31.1 Å². The van der Waals surface area contributed by atoms with Gasteiger partial charge in [-0.1, -0.05) is 19.9 Å². The lowest BCUT2D eigenvalue weighted by Gasteiger charge is -2.13. The number of carboxylic acids is 1. The van der Waals surface area contributed by atoms with Gasteiger partial charge >= 0.3 is 12.0 Å². The Balaban J connectivity index is 3.82. The van der Waals surface area contributed by atoms with Gasteiger partial charge in [-0.15, -0.1) is 6.58 Å². The average molecular weight is 242 g/mol.